The molecule has 0 bridgehead atoms. The number of hydrogen-bond donors (Lipinski definition) is 2. The molecule has 0 amide bonds. The molecule has 0 aliphatic heterocycles. The van der Waals surface area contributed by atoms with Gasteiger partial charge in [-0.2, -0.15) is 0 Å². The second kappa shape index (κ2) is 7.17. The van der Waals surface area contributed by atoms with Crippen molar-refractivity contribution in [3.05, 3.63) is 0 Å². The van der Waals surface area contributed by atoms with Gasteiger partial charge in [-0.15, -0.1) is 0 Å². The van der Waals surface area contributed by atoms with Crippen molar-refractivity contribution >= 4 is 19.9 Å². The van der Waals surface area contributed by atoms with E-state index in [1.165, 1.54) is 0 Å². The molecule has 2 N–H and O–H groups in total. The maximum absolute atomic E-state index is 11.2. The number of hydrogen-bond acceptors (Lipinski definition) is 6. The quantitative estimate of drug-likeness (QED) is 0.469. The van der Waals surface area contributed by atoms with Crippen LogP contribution in [0.4, 0.5) is 0 Å². The Bertz CT molecular complexity index is 374. The lowest BCUT2D eigenvalue weighted by Crippen LogP contribution is -2.32. The number of sulfonamides is 1. The number of aliphatic hydroxyl groups excluding tert-OH is 1. The van der Waals surface area contributed by atoms with Gasteiger partial charge in [-0.25, -0.2) is 21.6 Å². The molecule has 0 aromatic rings. The van der Waals surface area contributed by atoms with Gasteiger partial charge in [0.2, 0.25) is 10.0 Å². The van der Waals surface area contributed by atoms with E-state index in [2.05, 4.69) is 4.72 Å². The fourth-order valence-electron chi connectivity index (χ4n) is 0.769. The highest BCUT2D eigenvalue weighted by Crippen LogP contribution is 1.89. The van der Waals surface area contributed by atoms with Crippen LogP contribution in [-0.4, -0.2) is 66.1 Å². The van der Waals surface area contributed by atoms with Gasteiger partial charge in [0, 0.05) is 12.8 Å². The maximum Gasteiger partial charge on any atom is 0.212 e. The van der Waals surface area contributed by atoms with E-state index in [-0.39, 0.29) is 26.4 Å². The molecule has 0 spiro atoms. The lowest BCUT2D eigenvalue weighted by Gasteiger charge is -2.06. The van der Waals surface area contributed by atoms with Crippen molar-refractivity contribution in [3.63, 3.8) is 0 Å². The molecule has 0 heterocycles. The highest BCUT2D eigenvalue weighted by atomic mass is 32.2. The average Bonchev–Trinajstić information content (AvgIpc) is 2.14. The van der Waals surface area contributed by atoms with Gasteiger partial charge in [0.15, 0.2) is 0 Å². The van der Waals surface area contributed by atoms with Gasteiger partial charge in [0.1, 0.15) is 9.84 Å². The summed E-state index contributed by atoms with van der Waals surface area (Å²) in [6, 6.07) is 0. The second-order valence-electron chi connectivity index (χ2n) is 3.18. The molecule has 7 nitrogen and oxygen atoms in total. The molecule has 0 radical (unpaired) electrons. The Morgan fingerprint density at radius 2 is 1.75 bits per heavy atom. The highest BCUT2D eigenvalue weighted by molar-refractivity contribution is 7.93. The van der Waals surface area contributed by atoms with Crippen LogP contribution >= 0.6 is 0 Å². The Kier molecular flexibility index (Phi) is 7.07. The van der Waals surface area contributed by atoms with E-state index in [4.69, 9.17) is 9.84 Å². The number of nitrogens with one attached hydrogen (secondary N) is 1. The van der Waals surface area contributed by atoms with Crippen molar-refractivity contribution in [3.8, 4) is 0 Å². The van der Waals surface area contributed by atoms with E-state index in [1.807, 2.05) is 0 Å². The fourth-order valence-corrected chi connectivity index (χ4v) is 3.40. The van der Waals surface area contributed by atoms with Crippen LogP contribution in [0.15, 0.2) is 0 Å². The number of ether oxygens (including phenoxy) is 1. The molecule has 0 atom stereocenters. The van der Waals surface area contributed by atoms with Crippen LogP contribution in [0.2, 0.25) is 0 Å². The minimum Gasteiger partial charge on any atom is -0.394 e. The van der Waals surface area contributed by atoms with Gasteiger partial charge in [-0.3, -0.25) is 0 Å². The zero-order valence-electron chi connectivity index (χ0n) is 9.05. The van der Waals surface area contributed by atoms with Gasteiger partial charge < -0.3 is 9.84 Å². The predicted molar refractivity (Wildman–Crippen MR) is 59.4 cm³/mol. The van der Waals surface area contributed by atoms with Crippen molar-refractivity contribution in [1.82, 2.24) is 4.72 Å². The smallest absolute Gasteiger partial charge is 0.212 e. The topological polar surface area (TPSA) is 110 Å². The lowest BCUT2D eigenvalue weighted by atomic mass is 10.7. The van der Waals surface area contributed by atoms with Gasteiger partial charge >= 0.3 is 0 Å². The Hall–Kier alpha value is -0.220. The van der Waals surface area contributed by atoms with E-state index < -0.39 is 31.4 Å². The Morgan fingerprint density at radius 1 is 1.12 bits per heavy atom. The van der Waals surface area contributed by atoms with Crippen molar-refractivity contribution in [1.29, 1.82) is 0 Å². The standard InChI is InChI=1S/C7H17NO6S2/c1-15(10,11)6-7-16(12,13)8-2-4-14-5-3-9/h8-9H,2-7H2,1H3. The Balaban J connectivity index is 3.80. The molecule has 0 fully saturated rings. The molecule has 0 unspecified atom stereocenters. The maximum atomic E-state index is 11.2. The molecule has 0 aromatic heterocycles. The van der Waals surface area contributed by atoms with Crippen LogP contribution in [-0.2, 0) is 24.6 Å². The summed E-state index contributed by atoms with van der Waals surface area (Å²) in [5, 5.41) is 8.37. The summed E-state index contributed by atoms with van der Waals surface area (Å²) < 4.78 is 51.0. The van der Waals surface area contributed by atoms with Crippen molar-refractivity contribution in [2.24, 2.45) is 0 Å². The van der Waals surface area contributed by atoms with E-state index in [0.717, 1.165) is 6.26 Å². The Morgan fingerprint density at radius 3 is 2.25 bits per heavy atom. The first-order valence-corrected chi connectivity index (χ1v) is 8.32. The molecule has 0 aliphatic carbocycles. The largest absolute Gasteiger partial charge is 0.394 e. The first-order valence-electron chi connectivity index (χ1n) is 4.60. The zero-order valence-corrected chi connectivity index (χ0v) is 10.7. The van der Waals surface area contributed by atoms with Crippen LogP contribution in [0.25, 0.3) is 0 Å². The van der Waals surface area contributed by atoms with E-state index >= 15 is 0 Å². The summed E-state index contributed by atoms with van der Waals surface area (Å²) in [5.41, 5.74) is 0. The summed E-state index contributed by atoms with van der Waals surface area (Å²) in [7, 11) is -6.85. The van der Waals surface area contributed by atoms with Gasteiger partial charge in [-0.05, 0) is 0 Å². The molecular weight excluding hydrogens is 258 g/mol. The second-order valence-corrected chi connectivity index (χ2v) is 7.37. The van der Waals surface area contributed by atoms with E-state index in [1.54, 1.807) is 0 Å². The summed E-state index contributed by atoms with van der Waals surface area (Å²) in [6.45, 7) is 0.219. The minimum absolute atomic E-state index is 0.0616. The van der Waals surface area contributed by atoms with Crippen LogP contribution in [0.3, 0.4) is 0 Å². The lowest BCUT2D eigenvalue weighted by molar-refractivity contribution is 0.0961. The average molecular weight is 275 g/mol. The predicted octanol–water partition coefficient (Wildman–Crippen LogP) is -2.04. The molecule has 0 aliphatic rings. The number of aliphatic hydroxyl groups is 1. The minimum atomic E-state index is -3.57. The van der Waals surface area contributed by atoms with E-state index in [9.17, 15) is 16.8 Å². The molecule has 16 heavy (non-hydrogen) atoms. The molecule has 0 saturated carbocycles. The van der Waals surface area contributed by atoms with Gasteiger partial charge in [-0.1, -0.05) is 0 Å². The van der Waals surface area contributed by atoms with Crippen molar-refractivity contribution in [2.45, 2.75) is 0 Å². The normalized spacial score (nSPS) is 12.9. The molecule has 9 heteroatoms. The summed E-state index contributed by atoms with van der Waals surface area (Å²) >= 11 is 0. The van der Waals surface area contributed by atoms with Crippen molar-refractivity contribution < 1.29 is 26.7 Å². The molecular formula is C7H17NO6S2. The number of rotatable bonds is 9. The monoisotopic (exact) mass is 275 g/mol. The van der Waals surface area contributed by atoms with E-state index in [0.29, 0.717) is 0 Å². The van der Waals surface area contributed by atoms with Crippen LogP contribution in [0, 0.1) is 0 Å². The molecule has 98 valence electrons. The summed E-state index contributed by atoms with van der Waals surface area (Å²) in [6.07, 6.45) is 0.979. The fraction of sp³-hybridized carbons (Fsp3) is 1.00. The summed E-state index contributed by atoms with van der Waals surface area (Å²) in [5.74, 6) is -0.855. The van der Waals surface area contributed by atoms with Crippen molar-refractivity contribution in [2.75, 3.05) is 44.1 Å². The molecule has 0 saturated heterocycles. The van der Waals surface area contributed by atoms with Gasteiger partial charge in [0.25, 0.3) is 0 Å². The SMILES string of the molecule is CS(=O)(=O)CCS(=O)(=O)NCCOCCO. The number of sulfone groups is 1. The van der Waals surface area contributed by atoms with Crippen LogP contribution in [0.5, 0.6) is 0 Å². The van der Waals surface area contributed by atoms with Gasteiger partial charge in [0.05, 0.1) is 31.3 Å². The first kappa shape index (κ1) is 15.8. The zero-order chi connectivity index (χ0) is 12.7. The third-order valence-corrected chi connectivity index (χ3v) is 4.12. The first-order chi connectivity index (χ1) is 7.27. The van der Waals surface area contributed by atoms with Crippen LogP contribution < -0.4 is 4.72 Å². The highest BCUT2D eigenvalue weighted by Gasteiger charge is 2.13. The third-order valence-electron chi connectivity index (χ3n) is 1.53. The summed E-state index contributed by atoms with van der Waals surface area (Å²) in [4.78, 5) is 0. The third kappa shape index (κ3) is 10.3. The van der Waals surface area contributed by atoms with Crippen LogP contribution in [0.1, 0.15) is 0 Å². The molecule has 0 rings (SSSR count). The molecule has 0 aromatic carbocycles. The Labute approximate surface area is 95.8 Å².